The SMILES string of the molecule is CC1(NCc2ccc(CN)o2)CCC1. The second-order valence-electron chi connectivity index (χ2n) is 4.34. The van der Waals surface area contributed by atoms with Gasteiger partial charge in [0, 0.05) is 5.54 Å². The molecule has 1 aliphatic rings. The Labute approximate surface area is 84.7 Å². The number of nitrogens with one attached hydrogen (secondary N) is 1. The summed E-state index contributed by atoms with van der Waals surface area (Å²) in [5.74, 6) is 1.85. The maximum Gasteiger partial charge on any atom is 0.118 e. The molecule has 2 rings (SSSR count). The monoisotopic (exact) mass is 194 g/mol. The predicted molar refractivity (Wildman–Crippen MR) is 55.7 cm³/mol. The van der Waals surface area contributed by atoms with Crippen LogP contribution in [0.15, 0.2) is 16.5 Å². The molecule has 0 spiro atoms. The fraction of sp³-hybridized carbons (Fsp3) is 0.636. The summed E-state index contributed by atoms with van der Waals surface area (Å²) in [7, 11) is 0. The van der Waals surface area contributed by atoms with Gasteiger partial charge < -0.3 is 15.5 Å². The second-order valence-corrected chi connectivity index (χ2v) is 4.34. The van der Waals surface area contributed by atoms with Gasteiger partial charge in [0.05, 0.1) is 13.1 Å². The summed E-state index contributed by atoms with van der Waals surface area (Å²) < 4.78 is 5.51. The van der Waals surface area contributed by atoms with Gasteiger partial charge in [0.25, 0.3) is 0 Å². The maximum absolute atomic E-state index is 5.51. The molecule has 0 unspecified atom stereocenters. The van der Waals surface area contributed by atoms with Crippen LogP contribution in [0.2, 0.25) is 0 Å². The molecule has 14 heavy (non-hydrogen) atoms. The van der Waals surface area contributed by atoms with E-state index in [1.54, 1.807) is 0 Å². The molecule has 0 aromatic carbocycles. The third-order valence-corrected chi connectivity index (χ3v) is 3.06. The van der Waals surface area contributed by atoms with E-state index in [9.17, 15) is 0 Å². The van der Waals surface area contributed by atoms with Crippen LogP contribution in [0.3, 0.4) is 0 Å². The van der Waals surface area contributed by atoms with Gasteiger partial charge in [-0.25, -0.2) is 0 Å². The van der Waals surface area contributed by atoms with Crippen molar-refractivity contribution in [1.82, 2.24) is 5.32 Å². The lowest BCUT2D eigenvalue weighted by Gasteiger charge is -2.39. The Morgan fingerprint density at radius 1 is 1.43 bits per heavy atom. The largest absolute Gasteiger partial charge is 0.463 e. The van der Waals surface area contributed by atoms with Gasteiger partial charge in [-0.1, -0.05) is 0 Å². The first-order chi connectivity index (χ1) is 6.72. The predicted octanol–water partition coefficient (Wildman–Crippen LogP) is 1.77. The van der Waals surface area contributed by atoms with E-state index < -0.39 is 0 Å². The summed E-state index contributed by atoms with van der Waals surface area (Å²) in [6, 6.07) is 3.94. The number of nitrogens with two attached hydrogens (primary N) is 1. The third kappa shape index (κ3) is 1.99. The van der Waals surface area contributed by atoms with Crippen LogP contribution in [0, 0.1) is 0 Å². The fourth-order valence-electron chi connectivity index (χ4n) is 1.81. The van der Waals surface area contributed by atoms with Crippen molar-refractivity contribution in [2.75, 3.05) is 0 Å². The summed E-state index contributed by atoms with van der Waals surface area (Å²) >= 11 is 0. The summed E-state index contributed by atoms with van der Waals surface area (Å²) in [5, 5.41) is 3.51. The summed E-state index contributed by atoms with van der Waals surface area (Å²) in [6.07, 6.45) is 3.89. The quantitative estimate of drug-likeness (QED) is 0.768. The number of furan rings is 1. The van der Waals surface area contributed by atoms with Gasteiger partial charge >= 0.3 is 0 Å². The third-order valence-electron chi connectivity index (χ3n) is 3.06. The highest BCUT2D eigenvalue weighted by atomic mass is 16.3. The Hall–Kier alpha value is -0.800. The molecule has 0 atom stereocenters. The van der Waals surface area contributed by atoms with E-state index in [0.29, 0.717) is 12.1 Å². The minimum atomic E-state index is 0.343. The van der Waals surface area contributed by atoms with E-state index >= 15 is 0 Å². The van der Waals surface area contributed by atoms with Crippen LogP contribution in [-0.2, 0) is 13.1 Å². The first-order valence-corrected chi connectivity index (χ1v) is 5.24. The Morgan fingerprint density at radius 3 is 2.64 bits per heavy atom. The lowest BCUT2D eigenvalue weighted by Crippen LogP contribution is -2.47. The molecule has 3 nitrogen and oxygen atoms in total. The molecule has 0 amide bonds. The van der Waals surface area contributed by atoms with Crippen LogP contribution in [0.1, 0.15) is 37.7 Å². The molecule has 3 N–H and O–H groups in total. The molecule has 78 valence electrons. The molecule has 0 saturated heterocycles. The lowest BCUT2D eigenvalue weighted by molar-refractivity contribution is 0.201. The highest BCUT2D eigenvalue weighted by Crippen LogP contribution is 2.31. The zero-order chi connectivity index (χ0) is 10.0. The van der Waals surface area contributed by atoms with Gasteiger partial charge in [0.1, 0.15) is 11.5 Å². The lowest BCUT2D eigenvalue weighted by atomic mass is 9.78. The van der Waals surface area contributed by atoms with Crippen molar-refractivity contribution in [2.24, 2.45) is 5.73 Å². The van der Waals surface area contributed by atoms with Crippen LogP contribution < -0.4 is 11.1 Å². The van der Waals surface area contributed by atoms with E-state index in [4.69, 9.17) is 10.2 Å². The molecule has 1 saturated carbocycles. The van der Waals surface area contributed by atoms with Crippen molar-refractivity contribution in [3.05, 3.63) is 23.7 Å². The van der Waals surface area contributed by atoms with Crippen LogP contribution >= 0.6 is 0 Å². The Kier molecular flexibility index (Phi) is 2.61. The van der Waals surface area contributed by atoms with E-state index in [2.05, 4.69) is 12.2 Å². The van der Waals surface area contributed by atoms with Crippen molar-refractivity contribution in [3.8, 4) is 0 Å². The van der Waals surface area contributed by atoms with Crippen LogP contribution in [-0.4, -0.2) is 5.54 Å². The minimum absolute atomic E-state index is 0.343. The molecule has 0 bridgehead atoms. The Morgan fingerprint density at radius 2 is 2.14 bits per heavy atom. The molecular formula is C11H18N2O. The molecule has 0 radical (unpaired) electrons. The summed E-state index contributed by atoms with van der Waals surface area (Å²) in [6.45, 7) is 3.57. The first kappa shape index (κ1) is 9.74. The summed E-state index contributed by atoms with van der Waals surface area (Å²) in [5.41, 5.74) is 5.81. The van der Waals surface area contributed by atoms with E-state index in [-0.39, 0.29) is 0 Å². The average Bonchev–Trinajstić information content (AvgIpc) is 2.59. The molecule has 1 aliphatic carbocycles. The Bertz CT molecular complexity index is 302. The highest BCUT2D eigenvalue weighted by molar-refractivity contribution is 5.07. The van der Waals surface area contributed by atoms with Gasteiger partial charge in [-0.2, -0.15) is 0 Å². The first-order valence-electron chi connectivity index (χ1n) is 5.24. The van der Waals surface area contributed by atoms with Gasteiger partial charge in [-0.05, 0) is 38.3 Å². The number of hydrogen-bond donors (Lipinski definition) is 2. The fourth-order valence-corrected chi connectivity index (χ4v) is 1.81. The van der Waals surface area contributed by atoms with E-state index in [1.165, 1.54) is 19.3 Å². The van der Waals surface area contributed by atoms with Gasteiger partial charge in [0.2, 0.25) is 0 Å². The zero-order valence-electron chi connectivity index (χ0n) is 8.68. The van der Waals surface area contributed by atoms with Crippen molar-refractivity contribution in [1.29, 1.82) is 0 Å². The van der Waals surface area contributed by atoms with Gasteiger partial charge in [-0.15, -0.1) is 0 Å². The number of hydrogen-bond acceptors (Lipinski definition) is 3. The molecule has 1 heterocycles. The van der Waals surface area contributed by atoms with Crippen LogP contribution in [0.25, 0.3) is 0 Å². The van der Waals surface area contributed by atoms with Gasteiger partial charge in [-0.3, -0.25) is 0 Å². The van der Waals surface area contributed by atoms with Crippen LogP contribution in [0.4, 0.5) is 0 Å². The zero-order valence-corrected chi connectivity index (χ0v) is 8.68. The molecule has 1 aromatic rings. The highest BCUT2D eigenvalue weighted by Gasteiger charge is 2.30. The maximum atomic E-state index is 5.51. The second kappa shape index (κ2) is 3.75. The molecule has 1 aromatic heterocycles. The van der Waals surface area contributed by atoms with Crippen molar-refractivity contribution < 1.29 is 4.42 Å². The molecular weight excluding hydrogens is 176 g/mol. The van der Waals surface area contributed by atoms with E-state index in [0.717, 1.165) is 18.1 Å². The molecule has 3 heteroatoms. The summed E-state index contributed by atoms with van der Waals surface area (Å²) in [4.78, 5) is 0. The topological polar surface area (TPSA) is 51.2 Å². The van der Waals surface area contributed by atoms with Crippen molar-refractivity contribution in [2.45, 2.75) is 44.8 Å². The minimum Gasteiger partial charge on any atom is -0.463 e. The average molecular weight is 194 g/mol. The van der Waals surface area contributed by atoms with Crippen molar-refractivity contribution >= 4 is 0 Å². The van der Waals surface area contributed by atoms with Gasteiger partial charge in [0.15, 0.2) is 0 Å². The standard InChI is InChI=1S/C11H18N2O/c1-11(5-2-6-11)13-8-10-4-3-9(7-12)14-10/h3-4,13H,2,5-8,12H2,1H3. The molecule has 0 aliphatic heterocycles. The Balaban J connectivity index is 1.85. The smallest absolute Gasteiger partial charge is 0.118 e. The van der Waals surface area contributed by atoms with Crippen LogP contribution in [0.5, 0.6) is 0 Å². The normalized spacial score (nSPS) is 19.3. The van der Waals surface area contributed by atoms with E-state index in [1.807, 2.05) is 12.1 Å². The van der Waals surface area contributed by atoms with Crippen molar-refractivity contribution in [3.63, 3.8) is 0 Å². The number of rotatable bonds is 4. The molecule has 1 fully saturated rings.